The Balaban J connectivity index is 1.51. The van der Waals surface area contributed by atoms with Gasteiger partial charge in [0.15, 0.2) is 11.0 Å². The molecule has 36 heavy (non-hydrogen) atoms. The number of pyridine rings is 1. The summed E-state index contributed by atoms with van der Waals surface area (Å²) in [6.07, 6.45) is 8.60. The van der Waals surface area contributed by atoms with Gasteiger partial charge in [-0.05, 0) is 18.1 Å². The van der Waals surface area contributed by atoms with Crippen LogP contribution in [-0.4, -0.2) is 44.6 Å². The Labute approximate surface area is 209 Å². The highest BCUT2D eigenvalue weighted by atomic mass is 32.2. The number of non-ortho nitro benzene ring substituents is 2. The standard InChI is InChI=1S/C22H23N9O4S/c1-3-4-5-6-29-13-20(24-27-29)16-9-17(12-23-11-16)21-25-26-22(28(21)2)36-14-15-7-18(30(32)33)10-19(8-15)31(34)35/h7-13H,3-6,14H2,1-2H3. The van der Waals surface area contributed by atoms with E-state index in [9.17, 15) is 20.2 Å². The second-order valence-corrected chi connectivity index (χ2v) is 9.00. The van der Waals surface area contributed by atoms with Gasteiger partial charge in [0.25, 0.3) is 11.4 Å². The molecule has 3 heterocycles. The third kappa shape index (κ3) is 5.71. The summed E-state index contributed by atoms with van der Waals surface area (Å²) in [6.45, 7) is 2.96. The van der Waals surface area contributed by atoms with Crippen molar-refractivity contribution in [2.75, 3.05) is 0 Å². The van der Waals surface area contributed by atoms with E-state index >= 15 is 0 Å². The Bertz CT molecular complexity index is 1370. The van der Waals surface area contributed by atoms with Gasteiger partial charge in [0.1, 0.15) is 5.69 Å². The van der Waals surface area contributed by atoms with Crippen LogP contribution in [0.2, 0.25) is 0 Å². The summed E-state index contributed by atoms with van der Waals surface area (Å²) in [4.78, 5) is 25.3. The van der Waals surface area contributed by atoms with Crippen molar-refractivity contribution in [1.82, 2.24) is 34.7 Å². The molecule has 1 aromatic carbocycles. The topological polar surface area (TPSA) is 161 Å². The number of hydrogen-bond donors (Lipinski definition) is 0. The lowest BCUT2D eigenvalue weighted by Crippen LogP contribution is -1.98. The van der Waals surface area contributed by atoms with E-state index in [-0.39, 0.29) is 17.1 Å². The van der Waals surface area contributed by atoms with E-state index in [0.717, 1.165) is 43.0 Å². The Morgan fingerprint density at radius 2 is 1.67 bits per heavy atom. The van der Waals surface area contributed by atoms with Gasteiger partial charge in [0.05, 0.1) is 22.1 Å². The molecule has 0 saturated heterocycles. The van der Waals surface area contributed by atoms with Crippen molar-refractivity contribution in [2.45, 2.75) is 43.6 Å². The van der Waals surface area contributed by atoms with E-state index in [1.165, 1.54) is 23.9 Å². The van der Waals surface area contributed by atoms with Crippen LogP contribution in [0, 0.1) is 20.2 Å². The van der Waals surface area contributed by atoms with Crippen molar-refractivity contribution in [2.24, 2.45) is 7.05 Å². The van der Waals surface area contributed by atoms with Crippen LogP contribution in [0.15, 0.2) is 48.0 Å². The van der Waals surface area contributed by atoms with E-state index in [1.807, 2.05) is 16.9 Å². The number of thioether (sulfide) groups is 1. The highest BCUT2D eigenvalue weighted by Crippen LogP contribution is 2.30. The Kier molecular flexibility index (Phi) is 7.63. The molecule has 0 spiro atoms. The first-order valence-corrected chi connectivity index (χ1v) is 12.1. The number of aromatic nitrogens is 7. The molecule has 0 N–H and O–H groups in total. The van der Waals surface area contributed by atoms with Crippen molar-refractivity contribution in [3.05, 3.63) is 68.6 Å². The molecule has 0 amide bonds. The zero-order valence-electron chi connectivity index (χ0n) is 19.6. The first-order chi connectivity index (χ1) is 17.4. The summed E-state index contributed by atoms with van der Waals surface area (Å²) in [7, 11) is 1.80. The molecule has 4 aromatic rings. The minimum Gasteiger partial charge on any atom is -0.305 e. The molecular weight excluding hydrogens is 486 g/mol. The maximum atomic E-state index is 11.1. The SMILES string of the molecule is CCCCCn1cc(-c2cncc(-c3nnc(SCc4cc([N+](=O)[O-])cc([N+](=O)[O-])c4)n3C)c2)nn1. The molecule has 186 valence electrons. The molecule has 0 radical (unpaired) electrons. The van der Waals surface area contributed by atoms with Gasteiger partial charge in [-0.1, -0.05) is 36.7 Å². The van der Waals surface area contributed by atoms with Gasteiger partial charge in [-0.2, -0.15) is 0 Å². The Hall–Kier alpha value is -4.20. The van der Waals surface area contributed by atoms with E-state index < -0.39 is 9.85 Å². The van der Waals surface area contributed by atoms with E-state index in [2.05, 4.69) is 32.4 Å². The van der Waals surface area contributed by atoms with Crippen LogP contribution in [0.25, 0.3) is 22.6 Å². The number of rotatable bonds is 11. The minimum absolute atomic E-state index is 0.244. The molecular formula is C22H23N9O4S. The average Bonchev–Trinajstić information content (AvgIpc) is 3.49. The van der Waals surface area contributed by atoms with Crippen molar-refractivity contribution in [1.29, 1.82) is 0 Å². The van der Waals surface area contributed by atoms with E-state index in [4.69, 9.17) is 0 Å². The number of nitro groups is 2. The van der Waals surface area contributed by atoms with Gasteiger partial charge in [0, 0.05) is 55.0 Å². The maximum absolute atomic E-state index is 11.1. The predicted molar refractivity (Wildman–Crippen MR) is 132 cm³/mol. The highest BCUT2D eigenvalue weighted by Gasteiger charge is 2.18. The van der Waals surface area contributed by atoms with Crippen molar-refractivity contribution in [3.8, 4) is 22.6 Å². The molecule has 14 heteroatoms. The fourth-order valence-corrected chi connectivity index (χ4v) is 4.40. The number of hydrogen-bond acceptors (Lipinski definition) is 10. The molecule has 0 aliphatic rings. The van der Waals surface area contributed by atoms with Crippen LogP contribution in [0.3, 0.4) is 0 Å². The minimum atomic E-state index is -0.647. The zero-order chi connectivity index (χ0) is 25.7. The molecule has 3 aromatic heterocycles. The second kappa shape index (κ2) is 11.0. The lowest BCUT2D eigenvalue weighted by molar-refractivity contribution is -0.394. The summed E-state index contributed by atoms with van der Waals surface area (Å²) in [5, 5.41) is 39.8. The van der Waals surface area contributed by atoms with E-state index in [0.29, 0.717) is 22.2 Å². The quantitative estimate of drug-likeness (QED) is 0.122. The number of benzene rings is 1. The summed E-state index contributed by atoms with van der Waals surface area (Å²) < 4.78 is 3.60. The Morgan fingerprint density at radius 3 is 2.36 bits per heavy atom. The number of unbranched alkanes of at least 4 members (excludes halogenated alkanes) is 2. The number of nitrogens with zero attached hydrogens (tertiary/aromatic N) is 9. The fraction of sp³-hybridized carbons (Fsp3) is 0.318. The van der Waals surface area contributed by atoms with Gasteiger partial charge in [-0.3, -0.25) is 29.9 Å². The van der Waals surface area contributed by atoms with Crippen LogP contribution >= 0.6 is 11.8 Å². The average molecular weight is 510 g/mol. The highest BCUT2D eigenvalue weighted by molar-refractivity contribution is 7.98. The Morgan fingerprint density at radius 1 is 0.944 bits per heavy atom. The molecule has 0 atom stereocenters. The maximum Gasteiger partial charge on any atom is 0.276 e. The van der Waals surface area contributed by atoms with Gasteiger partial charge < -0.3 is 4.57 Å². The predicted octanol–water partition coefficient (Wildman–Crippen LogP) is 4.43. The fourth-order valence-electron chi connectivity index (χ4n) is 3.56. The summed E-state index contributed by atoms with van der Waals surface area (Å²) in [5.74, 6) is 0.820. The molecule has 0 aliphatic heterocycles. The molecule has 0 fully saturated rings. The first kappa shape index (κ1) is 24.9. The third-order valence-electron chi connectivity index (χ3n) is 5.41. The zero-order valence-corrected chi connectivity index (χ0v) is 20.5. The van der Waals surface area contributed by atoms with Gasteiger partial charge in [-0.15, -0.1) is 15.3 Å². The van der Waals surface area contributed by atoms with Crippen molar-refractivity contribution < 1.29 is 9.85 Å². The van der Waals surface area contributed by atoms with Crippen LogP contribution in [-0.2, 0) is 19.3 Å². The molecule has 0 unspecified atom stereocenters. The van der Waals surface area contributed by atoms with Gasteiger partial charge in [-0.25, -0.2) is 0 Å². The lowest BCUT2D eigenvalue weighted by atomic mass is 10.1. The van der Waals surface area contributed by atoms with Crippen LogP contribution in [0.1, 0.15) is 31.7 Å². The lowest BCUT2D eigenvalue weighted by Gasteiger charge is -2.05. The van der Waals surface area contributed by atoms with Crippen molar-refractivity contribution >= 4 is 23.1 Å². The number of aryl methyl sites for hydroxylation is 1. The molecule has 0 bridgehead atoms. The second-order valence-electron chi connectivity index (χ2n) is 8.06. The van der Waals surface area contributed by atoms with Gasteiger partial charge in [0.2, 0.25) is 0 Å². The molecule has 4 rings (SSSR count). The third-order valence-corrected chi connectivity index (χ3v) is 6.50. The molecule has 13 nitrogen and oxygen atoms in total. The van der Waals surface area contributed by atoms with Gasteiger partial charge >= 0.3 is 0 Å². The largest absolute Gasteiger partial charge is 0.305 e. The first-order valence-electron chi connectivity index (χ1n) is 11.2. The smallest absolute Gasteiger partial charge is 0.276 e. The van der Waals surface area contributed by atoms with Crippen molar-refractivity contribution in [3.63, 3.8) is 0 Å². The van der Waals surface area contributed by atoms with Crippen LogP contribution in [0.5, 0.6) is 0 Å². The molecule has 0 aliphatic carbocycles. The van der Waals surface area contributed by atoms with Crippen LogP contribution < -0.4 is 0 Å². The monoisotopic (exact) mass is 509 g/mol. The number of nitro benzene ring substituents is 2. The van der Waals surface area contributed by atoms with E-state index in [1.54, 1.807) is 24.0 Å². The van der Waals surface area contributed by atoms with Crippen LogP contribution in [0.4, 0.5) is 11.4 Å². The summed E-state index contributed by atoms with van der Waals surface area (Å²) >= 11 is 1.27. The molecule has 0 saturated carbocycles. The summed E-state index contributed by atoms with van der Waals surface area (Å²) in [6, 6.07) is 5.49. The normalized spacial score (nSPS) is 11.1. The summed E-state index contributed by atoms with van der Waals surface area (Å²) in [5.41, 5.74) is 2.03.